The highest BCUT2D eigenvalue weighted by atomic mass is 16.6. The average molecular weight is 242 g/mol. The van der Waals surface area contributed by atoms with Crippen LogP contribution in [-0.4, -0.2) is 42.1 Å². The summed E-state index contributed by atoms with van der Waals surface area (Å²) < 4.78 is 5.35. The van der Waals surface area contributed by atoms with E-state index < -0.39 is 5.60 Å². The Kier molecular flexibility index (Phi) is 4.95. The van der Waals surface area contributed by atoms with Crippen molar-refractivity contribution in [2.24, 2.45) is 11.7 Å². The number of nitrogens with zero attached hydrogens (tertiary/aromatic N) is 1. The first-order valence-corrected chi connectivity index (χ1v) is 6.48. The van der Waals surface area contributed by atoms with Crippen molar-refractivity contribution in [1.29, 1.82) is 0 Å². The second-order valence-corrected chi connectivity index (χ2v) is 6.04. The fourth-order valence-corrected chi connectivity index (χ4v) is 2.21. The van der Waals surface area contributed by atoms with E-state index in [2.05, 4.69) is 11.8 Å². The minimum atomic E-state index is -0.399. The van der Waals surface area contributed by atoms with Gasteiger partial charge in [-0.3, -0.25) is 9.69 Å². The van der Waals surface area contributed by atoms with Gasteiger partial charge in [-0.15, -0.1) is 0 Å². The average Bonchev–Trinajstić information content (AvgIpc) is 2.18. The summed E-state index contributed by atoms with van der Waals surface area (Å²) in [6.45, 7) is 9.86. The fourth-order valence-electron chi connectivity index (χ4n) is 2.21. The van der Waals surface area contributed by atoms with E-state index >= 15 is 0 Å². The second-order valence-electron chi connectivity index (χ2n) is 6.04. The summed E-state index contributed by atoms with van der Waals surface area (Å²) >= 11 is 0. The molecule has 0 spiro atoms. The number of likely N-dealkylation sites (tertiary alicyclic amines) is 1. The molecule has 2 unspecified atom stereocenters. The van der Waals surface area contributed by atoms with Crippen LogP contribution in [0.4, 0.5) is 0 Å². The largest absolute Gasteiger partial charge is 0.459 e. The Balaban J connectivity index is 2.46. The molecule has 1 rings (SSSR count). The van der Waals surface area contributed by atoms with Crippen molar-refractivity contribution < 1.29 is 9.53 Å². The van der Waals surface area contributed by atoms with Crippen molar-refractivity contribution in [3.05, 3.63) is 0 Å². The van der Waals surface area contributed by atoms with Crippen LogP contribution in [-0.2, 0) is 9.53 Å². The topological polar surface area (TPSA) is 55.6 Å². The van der Waals surface area contributed by atoms with E-state index in [1.807, 2.05) is 20.8 Å². The minimum absolute atomic E-state index is 0.137. The van der Waals surface area contributed by atoms with Gasteiger partial charge in [0.1, 0.15) is 5.60 Å². The molecule has 100 valence electrons. The number of hydrogen-bond donors (Lipinski definition) is 1. The van der Waals surface area contributed by atoms with Gasteiger partial charge in [0.05, 0.1) is 6.54 Å². The summed E-state index contributed by atoms with van der Waals surface area (Å²) in [6.07, 6.45) is 2.28. The first-order valence-electron chi connectivity index (χ1n) is 6.48. The van der Waals surface area contributed by atoms with Gasteiger partial charge in [0.15, 0.2) is 0 Å². The van der Waals surface area contributed by atoms with Gasteiger partial charge in [-0.05, 0) is 53.0 Å². The number of carbonyl (C=O) groups is 1. The highest BCUT2D eigenvalue weighted by Crippen LogP contribution is 2.21. The number of nitrogens with two attached hydrogens (primary N) is 1. The Morgan fingerprint density at radius 2 is 2.06 bits per heavy atom. The predicted molar refractivity (Wildman–Crippen MR) is 68.7 cm³/mol. The molecule has 1 aliphatic heterocycles. The first kappa shape index (κ1) is 14.5. The Morgan fingerprint density at radius 3 is 2.59 bits per heavy atom. The molecule has 17 heavy (non-hydrogen) atoms. The highest BCUT2D eigenvalue weighted by Gasteiger charge is 2.27. The standard InChI is InChI=1S/C13H26N2O2/c1-10-5-6-11(7-14)8-15(10)9-12(16)17-13(2,3)4/h10-11H,5-9,14H2,1-4H3. The van der Waals surface area contributed by atoms with Crippen molar-refractivity contribution in [3.8, 4) is 0 Å². The van der Waals surface area contributed by atoms with Crippen LogP contribution in [0, 0.1) is 5.92 Å². The van der Waals surface area contributed by atoms with Gasteiger partial charge >= 0.3 is 5.97 Å². The monoisotopic (exact) mass is 242 g/mol. The fraction of sp³-hybridized carbons (Fsp3) is 0.923. The third kappa shape index (κ3) is 5.04. The lowest BCUT2D eigenvalue weighted by Crippen LogP contribution is -2.47. The van der Waals surface area contributed by atoms with Gasteiger partial charge in [0.25, 0.3) is 0 Å². The first-order chi connectivity index (χ1) is 7.81. The maximum Gasteiger partial charge on any atom is 0.320 e. The van der Waals surface area contributed by atoms with Crippen LogP contribution in [0.5, 0.6) is 0 Å². The van der Waals surface area contributed by atoms with E-state index in [0.717, 1.165) is 13.0 Å². The molecule has 1 fully saturated rings. The van der Waals surface area contributed by atoms with E-state index in [1.54, 1.807) is 0 Å². The van der Waals surface area contributed by atoms with Crippen LogP contribution < -0.4 is 5.73 Å². The molecule has 2 atom stereocenters. The molecular formula is C13H26N2O2. The van der Waals surface area contributed by atoms with E-state index in [-0.39, 0.29) is 5.97 Å². The van der Waals surface area contributed by atoms with Crippen LogP contribution >= 0.6 is 0 Å². The maximum atomic E-state index is 11.8. The Morgan fingerprint density at radius 1 is 1.41 bits per heavy atom. The molecule has 0 bridgehead atoms. The molecule has 0 saturated carbocycles. The maximum absolute atomic E-state index is 11.8. The lowest BCUT2D eigenvalue weighted by atomic mass is 9.93. The van der Waals surface area contributed by atoms with Crippen molar-refractivity contribution >= 4 is 5.97 Å². The molecule has 1 aliphatic rings. The normalized spacial score (nSPS) is 26.9. The molecule has 0 aliphatic carbocycles. The van der Waals surface area contributed by atoms with Crippen molar-refractivity contribution in [3.63, 3.8) is 0 Å². The van der Waals surface area contributed by atoms with Gasteiger partial charge in [-0.25, -0.2) is 0 Å². The quantitative estimate of drug-likeness (QED) is 0.760. The zero-order chi connectivity index (χ0) is 13.1. The molecule has 0 radical (unpaired) electrons. The number of ether oxygens (including phenoxy) is 1. The SMILES string of the molecule is CC1CCC(CN)CN1CC(=O)OC(C)(C)C. The van der Waals surface area contributed by atoms with Crippen LogP contribution in [0.15, 0.2) is 0 Å². The molecule has 0 aromatic rings. The lowest BCUT2D eigenvalue weighted by molar-refractivity contribution is -0.157. The molecule has 1 heterocycles. The van der Waals surface area contributed by atoms with Crippen molar-refractivity contribution in [1.82, 2.24) is 4.90 Å². The molecule has 4 heteroatoms. The summed E-state index contributed by atoms with van der Waals surface area (Å²) in [5.74, 6) is 0.385. The molecule has 0 aromatic heterocycles. The van der Waals surface area contributed by atoms with E-state index in [4.69, 9.17) is 10.5 Å². The predicted octanol–water partition coefficient (Wildman–Crippen LogP) is 1.39. The van der Waals surface area contributed by atoms with Crippen LogP contribution in [0.2, 0.25) is 0 Å². The zero-order valence-corrected chi connectivity index (χ0v) is 11.5. The number of rotatable bonds is 3. The smallest absolute Gasteiger partial charge is 0.320 e. The molecule has 0 amide bonds. The Hall–Kier alpha value is -0.610. The van der Waals surface area contributed by atoms with Crippen molar-refractivity contribution in [2.75, 3.05) is 19.6 Å². The number of hydrogen-bond acceptors (Lipinski definition) is 4. The Labute approximate surface area is 104 Å². The summed E-state index contributed by atoms with van der Waals surface area (Å²) in [7, 11) is 0. The van der Waals surface area contributed by atoms with Crippen LogP contribution in [0.1, 0.15) is 40.5 Å². The summed E-state index contributed by atoms with van der Waals surface area (Å²) in [4.78, 5) is 14.0. The lowest BCUT2D eigenvalue weighted by Gasteiger charge is -2.37. The summed E-state index contributed by atoms with van der Waals surface area (Å²) in [6, 6.07) is 0.449. The third-order valence-corrected chi connectivity index (χ3v) is 3.19. The van der Waals surface area contributed by atoms with Gasteiger partial charge in [0, 0.05) is 12.6 Å². The van der Waals surface area contributed by atoms with E-state index in [9.17, 15) is 4.79 Å². The van der Waals surface area contributed by atoms with Crippen LogP contribution in [0.3, 0.4) is 0 Å². The molecule has 4 nitrogen and oxygen atoms in total. The Bertz CT molecular complexity index is 261. The molecule has 2 N–H and O–H groups in total. The van der Waals surface area contributed by atoms with Gasteiger partial charge in [-0.2, -0.15) is 0 Å². The van der Waals surface area contributed by atoms with E-state index in [1.165, 1.54) is 6.42 Å². The zero-order valence-electron chi connectivity index (χ0n) is 11.5. The molecule has 1 saturated heterocycles. The van der Waals surface area contributed by atoms with Gasteiger partial charge < -0.3 is 10.5 Å². The van der Waals surface area contributed by atoms with E-state index in [0.29, 0.717) is 25.0 Å². The van der Waals surface area contributed by atoms with Crippen LogP contribution in [0.25, 0.3) is 0 Å². The highest BCUT2D eigenvalue weighted by molar-refractivity contribution is 5.72. The third-order valence-electron chi connectivity index (χ3n) is 3.19. The minimum Gasteiger partial charge on any atom is -0.459 e. The second kappa shape index (κ2) is 5.83. The van der Waals surface area contributed by atoms with Gasteiger partial charge in [-0.1, -0.05) is 0 Å². The summed E-state index contributed by atoms with van der Waals surface area (Å²) in [5, 5.41) is 0. The van der Waals surface area contributed by atoms with Gasteiger partial charge in [0.2, 0.25) is 0 Å². The number of carbonyl (C=O) groups excluding carboxylic acids is 1. The molecule has 0 aromatic carbocycles. The molecular weight excluding hydrogens is 216 g/mol. The van der Waals surface area contributed by atoms with Crippen molar-refractivity contribution in [2.45, 2.75) is 52.2 Å². The number of esters is 1. The summed E-state index contributed by atoms with van der Waals surface area (Å²) in [5.41, 5.74) is 5.30. The number of piperidine rings is 1.